The van der Waals surface area contributed by atoms with Gasteiger partial charge in [0.1, 0.15) is 10.7 Å². The minimum atomic E-state index is 0.0481. The standard InChI is InChI=1S/C14H24N4OS/c1-5-17(4)14-16-12(15)11(20-14)13(19)18-8-6-7-10(18)9(2)3/h9-10H,5-8,15H2,1-4H3. The number of hydrogen-bond donors (Lipinski definition) is 1. The smallest absolute Gasteiger partial charge is 0.268 e. The minimum absolute atomic E-state index is 0.0481. The molecule has 1 saturated heterocycles. The molecule has 0 bridgehead atoms. The molecule has 20 heavy (non-hydrogen) atoms. The van der Waals surface area contributed by atoms with Gasteiger partial charge in [0.15, 0.2) is 5.13 Å². The molecule has 0 aliphatic carbocycles. The second kappa shape index (κ2) is 5.99. The Morgan fingerprint density at radius 3 is 2.90 bits per heavy atom. The highest BCUT2D eigenvalue weighted by Gasteiger charge is 2.33. The molecule has 2 rings (SSSR count). The second-order valence-electron chi connectivity index (χ2n) is 5.68. The Morgan fingerprint density at radius 2 is 2.30 bits per heavy atom. The number of likely N-dealkylation sites (tertiary alicyclic amines) is 1. The molecule has 1 atom stereocenters. The number of thiazole rings is 1. The fourth-order valence-electron chi connectivity index (χ4n) is 2.64. The number of aromatic nitrogens is 1. The van der Waals surface area contributed by atoms with E-state index in [1.54, 1.807) is 0 Å². The molecule has 1 amide bonds. The number of anilines is 2. The van der Waals surface area contributed by atoms with Crippen molar-refractivity contribution in [3.05, 3.63) is 4.88 Å². The van der Waals surface area contributed by atoms with E-state index in [2.05, 4.69) is 18.8 Å². The highest BCUT2D eigenvalue weighted by atomic mass is 32.1. The number of nitrogens with zero attached hydrogens (tertiary/aromatic N) is 3. The molecule has 1 aromatic heterocycles. The Labute approximate surface area is 124 Å². The van der Waals surface area contributed by atoms with Gasteiger partial charge in [0, 0.05) is 26.2 Å². The van der Waals surface area contributed by atoms with Crippen LogP contribution in [0.3, 0.4) is 0 Å². The van der Waals surface area contributed by atoms with E-state index in [0.29, 0.717) is 22.7 Å². The fraction of sp³-hybridized carbons (Fsp3) is 0.714. The number of rotatable bonds is 4. The van der Waals surface area contributed by atoms with E-state index >= 15 is 0 Å². The van der Waals surface area contributed by atoms with E-state index in [-0.39, 0.29) is 5.91 Å². The SMILES string of the molecule is CCN(C)c1nc(N)c(C(=O)N2CCCC2C(C)C)s1. The van der Waals surface area contributed by atoms with Gasteiger partial charge in [-0.3, -0.25) is 4.79 Å². The molecule has 0 spiro atoms. The molecule has 1 aromatic rings. The van der Waals surface area contributed by atoms with Crippen LogP contribution in [-0.2, 0) is 0 Å². The first-order valence-corrected chi connectivity index (χ1v) is 8.05. The molecule has 1 fully saturated rings. The van der Waals surface area contributed by atoms with E-state index in [1.165, 1.54) is 11.3 Å². The Morgan fingerprint density at radius 1 is 1.60 bits per heavy atom. The summed E-state index contributed by atoms with van der Waals surface area (Å²) in [5.74, 6) is 0.894. The predicted octanol–water partition coefficient (Wildman–Crippen LogP) is 2.44. The number of carbonyl (C=O) groups is 1. The number of carbonyl (C=O) groups excluding carboxylic acids is 1. The van der Waals surface area contributed by atoms with Gasteiger partial charge < -0.3 is 15.5 Å². The third kappa shape index (κ3) is 2.75. The van der Waals surface area contributed by atoms with Crippen LogP contribution < -0.4 is 10.6 Å². The monoisotopic (exact) mass is 296 g/mol. The lowest BCUT2D eigenvalue weighted by atomic mass is 10.0. The van der Waals surface area contributed by atoms with Gasteiger partial charge in [-0.15, -0.1) is 0 Å². The summed E-state index contributed by atoms with van der Waals surface area (Å²) in [6.45, 7) is 8.07. The summed E-state index contributed by atoms with van der Waals surface area (Å²) in [7, 11) is 1.96. The number of nitrogens with two attached hydrogens (primary N) is 1. The molecule has 6 heteroatoms. The van der Waals surface area contributed by atoms with Crippen molar-refractivity contribution in [3.8, 4) is 0 Å². The van der Waals surface area contributed by atoms with Crippen molar-refractivity contribution >= 4 is 28.2 Å². The molecule has 0 radical (unpaired) electrons. The zero-order valence-electron chi connectivity index (χ0n) is 12.7. The van der Waals surface area contributed by atoms with E-state index in [0.717, 1.165) is 31.1 Å². The van der Waals surface area contributed by atoms with Gasteiger partial charge >= 0.3 is 0 Å². The number of hydrogen-bond acceptors (Lipinski definition) is 5. The Balaban J connectivity index is 2.23. The van der Waals surface area contributed by atoms with Crippen LogP contribution in [0, 0.1) is 5.92 Å². The molecule has 0 aromatic carbocycles. The summed E-state index contributed by atoms with van der Waals surface area (Å²) in [4.78, 5) is 21.6. The normalized spacial score (nSPS) is 18.9. The Bertz CT molecular complexity index is 486. The van der Waals surface area contributed by atoms with Crippen molar-refractivity contribution in [2.75, 3.05) is 30.8 Å². The van der Waals surface area contributed by atoms with Crippen molar-refractivity contribution < 1.29 is 4.79 Å². The van der Waals surface area contributed by atoms with Crippen LogP contribution in [0.2, 0.25) is 0 Å². The van der Waals surface area contributed by atoms with E-state index in [9.17, 15) is 4.79 Å². The van der Waals surface area contributed by atoms with Crippen LogP contribution in [0.4, 0.5) is 10.9 Å². The molecular weight excluding hydrogens is 272 g/mol. The summed E-state index contributed by atoms with van der Waals surface area (Å²) < 4.78 is 0. The lowest BCUT2D eigenvalue weighted by molar-refractivity contribution is 0.0707. The summed E-state index contributed by atoms with van der Waals surface area (Å²) in [5.41, 5.74) is 5.95. The summed E-state index contributed by atoms with van der Waals surface area (Å²) in [5, 5.41) is 0.814. The molecule has 1 aliphatic heterocycles. The molecular formula is C14H24N4OS. The highest BCUT2D eigenvalue weighted by Crippen LogP contribution is 2.32. The van der Waals surface area contributed by atoms with Crippen LogP contribution in [0.1, 0.15) is 43.3 Å². The highest BCUT2D eigenvalue weighted by molar-refractivity contribution is 7.18. The van der Waals surface area contributed by atoms with Crippen molar-refractivity contribution in [1.82, 2.24) is 9.88 Å². The molecule has 1 unspecified atom stereocenters. The first-order chi connectivity index (χ1) is 9.45. The fourth-order valence-corrected chi connectivity index (χ4v) is 3.61. The zero-order chi connectivity index (χ0) is 14.9. The zero-order valence-corrected chi connectivity index (χ0v) is 13.5. The van der Waals surface area contributed by atoms with E-state index in [4.69, 9.17) is 5.73 Å². The third-order valence-corrected chi connectivity index (χ3v) is 5.14. The average Bonchev–Trinajstić information content (AvgIpc) is 3.03. The maximum Gasteiger partial charge on any atom is 0.268 e. The van der Waals surface area contributed by atoms with Gasteiger partial charge in [-0.25, -0.2) is 4.98 Å². The van der Waals surface area contributed by atoms with Gasteiger partial charge in [0.2, 0.25) is 0 Å². The van der Waals surface area contributed by atoms with E-state index in [1.807, 2.05) is 23.8 Å². The molecule has 2 N–H and O–H groups in total. The van der Waals surface area contributed by atoms with Gasteiger partial charge in [-0.1, -0.05) is 25.2 Å². The van der Waals surface area contributed by atoms with Crippen LogP contribution in [-0.4, -0.2) is 42.0 Å². The summed E-state index contributed by atoms with van der Waals surface area (Å²) in [6.07, 6.45) is 2.17. The van der Waals surface area contributed by atoms with Gasteiger partial charge in [-0.05, 0) is 25.7 Å². The predicted molar refractivity (Wildman–Crippen MR) is 84.4 cm³/mol. The lowest BCUT2D eigenvalue weighted by Crippen LogP contribution is -2.38. The summed E-state index contributed by atoms with van der Waals surface area (Å²) >= 11 is 1.40. The van der Waals surface area contributed by atoms with Crippen LogP contribution >= 0.6 is 11.3 Å². The van der Waals surface area contributed by atoms with E-state index < -0.39 is 0 Å². The molecule has 1 aliphatic rings. The average molecular weight is 296 g/mol. The molecule has 112 valence electrons. The largest absolute Gasteiger partial charge is 0.382 e. The second-order valence-corrected chi connectivity index (χ2v) is 6.65. The Kier molecular flexibility index (Phi) is 4.52. The van der Waals surface area contributed by atoms with Crippen molar-refractivity contribution in [2.45, 2.75) is 39.7 Å². The summed E-state index contributed by atoms with van der Waals surface area (Å²) in [6, 6.07) is 0.330. The number of amides is 1. The molecule has 0 saturated carbocycles. The topological polar surface area (TPSA) is 62.5 Å². The third-order valence-electron chi connectivity index (χ3n) is 3.97. The first kappa shape index (κ1) is 15.1. The van der Waals surface area contributed by atoms with Crippen molar-refractivity contribution in [3.63, 3.8) is 0 Å². The van der Waals surface area contributed by atoms with Crippen LogP contribution in [0.15, 0.2) is 0 Å². The molecule has 5 nitrogen and oxygen atoms in total. The van der Waals surface area contributed by atoms with Crippen LogP contribution in [0.5, 0.6) is 0 Å². The number of nitrogen functional groups attached to an aromatic ring is 1. The van der Waals surface area contributed by atoms with Crippen LogP contribution in [0.25, 0.3) is 0 Å². The minimum Gasteiger partial charge on any atom is -0.382 e. The lowest BCUT2D eigenvalue weighted by Gasteiger charge is -2.27. The van der Waals surface area contributed by atoms with Crippen molar-refractivity contribution in [1.29, 1.82) is 0 Å². The first-order valence-electron chi connectivity index (χ1n) is 7.24. The maximum absolute atomic E-state index is 12.7. The van der Waals surface area contributed by atoms with Gasteiger partial charge in [0.05, 0.1) is 0 Å². The maximum atomic E-state index is 12.7. The quantitative estimate of drug-likeness (QED) is 0.927. The van der Waals surface area contributed by atoms with Gasteiger partial charge in [0.25, 0.3) is 5.91 Å². The van der Waals surface area contributed by atoms with Crippen molar-refractivity contribution in [2.24, 2.45) is 5.92 Å². The van der Waals surface area contributed by atoms with Gasteiger partial charge in [-0.2, -0.15) is 0 Å². The Hall–Kier alpha value is -1.30. The molecule has 2 heterocycles.